The molecule has 17 heavy (non-hydrogen) atoms. The van der Waals surface area contributed by atoms with E-state index in [1.165, 1.54) is 0 Å². The lowest BCUT2D eigenvalue weighted by atomic mass is 9.96. The zero-order chi connectivity index (χ0) is 12.5. The van der Waals surface area contributed by atoms with Gasteiger partial charge in [-0.05, 0) is 53.7 Å². The largest absolute Gasteiger partial charge is 0.344 e. The van der Waals surface area contributed by atoms with Crippen LogP contribution in [-0.4, -0.2) is 23.0 Å². The van der Waals surface area contributed by atoms with Gasteiger partial charge in [0, 0.05) is 17.2 Å². The SMILES string of the molecule is CC(CN)(NC(=O)c1ncccc1Br)C1CC1. The third-order valence-corrected chi connectivity index (χ3v) is 3.91. The van der Waals surface area contributed by atoms with Crippen LogP contribution < -0.4 is 11.1 Å². The van der Waals surface area contributed by atoms with Gasteiger partial charge in [0.2, 0.25) is 0 Å². The van der Waals surface area contributed by atoms with Crippen LogP contribution in [0.15, 0.2) is 22.8 Å². The van der Waals surface area contributed by atoms with E-state index in [2.05, 4.69) is 26.2 Å². The Morgan fingerprint density at radius 3 is 2.94 bits per heavy atom. The lowest BCUT2D eigenvalue weighted by Crippen LogP contribution is -2.53. The Labute approximate surface area is 109 Å². The third-order valence-electron chi connectivity index (χ3n) is 3.28. The second-order valence-corrected chi connectivity index (χ2v) is 5.54. The van der Waals surface area contributed by atoms with Gasteiger partial charge in [0.05, 0.1) is 5.54 Å². The van der Waals surface area contributed by atoms with Gasteiger partial charge in [-0.3, -0.25) is 4.79 Å². The molecule has 0 bridgehead atoms. The topological polar surface area (TPSA) is 68.0 Å². The Balaban J connectivity index is 2.13. The number of carbonyl (C=O) groups excluding carboxylic acids is 1. The number of halogens is 1. The van der Waals surface area contributed by atoms with Gasteiger partial charge >= 0.3 is 0 Å². The summed E-state index contributed by atoms with van der Waals surface area (Å²) in [5.74, 6) is 0.330. The fraction of sp³-hybridized carbons (Fsp3) is 0.500. The van der Waals surface area contributed by atoms with Crippen molar-refractivity contribution in [2.24, 2.45) is 11.7 Å². The molecule has 5 heteroatoms. The lowest BCUT2D eigenvalue weighted by Gasteiger charge is -2.29. The van der Waals surface area contributed by atoms with Crippen LogP contribution in [0, 0.1) is 5.92 Å². The summed E-state index contributed by atoms with van der Waals surface area (Å²) >= 11 is 3.32. The summed E-state index contributed by atoms with van der Waals surface area (Å²) in [6.45, 7) is 2.45. The molecule has 1 atom stereocenters. The van der Waals surface area contributed by atoms with E-state index in [0.717, 1.165) is 12.8 Å². The number of carbonyl (C=O) groups is 1. The molecule has 1 heterocycles. The standard InChI is InChI=1S/C12H16BrN3O/c1-12(7-14,8-4-5-8)16-11(17)10-9(13)3-2-6-15-10/h2-3,6,8H,4-5,7,14H2,1H3,(H,16,17). The fourth-order valence-corrected chi connectivity index (χ4v) is 2.35. The number of amides is 1. The second kappa shape index (κ2) is 4.74. The van der Waals surface area contributed by atoms with Gasteiger partial charge in [0.1, 0.15) is 5.69 Å². The van der Waals surface area contributed by atoms with E-state index in [9.17, 15) is 4.79 Å². The molecule has 4 nitrogen and oxygen atoms in total. The van der Waals surface area contributed by atoms with Crippen LogP contribution in [0.4, 0.5) is 0 Å². The number of hydrogen-bond acceptors (Lipinski definition) is 3. The van der Waals surface area contributed by atoms with Crippen molar-refractivity contribution in [1.82, 2.24) is 10.3 Å². The van der Waals surface area contributed by atoms with Gasteiger partial charge in [-0.2, -0.15) is 0 Å². The van der Waals surface area contributed by atoms with Gasteiger partial charge in [-0.25, -0.2) is 4.98 Å². The summed E-state index contributed by atoms with van der Waals surface area (Å²) in [6.07, 6.45) is 3.88. The molecule has 92 valence electrons. The predicted molar refractivity (Wildman–Crippen MR) is 69.6 cm³/mol. The first-order valence-corrected chi connectivity index (χ1v) is 6.49. The number of rotatable bonds is 4. The van der Waals surface area contributed by atoms with Crippen molar-refractivity contribution in [2.75, 3.05) is 6.54 Å². The molecule has 1 amide bonds. The van der Waals surface area contributed by atoms with Crippen molar-refractivity contribution < 1.29 is 4.79 Å². The Kier molecular flexibility index (Phi) is 3.49. The molecule has 1 unspecified atom stereocenters. The minimum atomic E-state index is -0.311. The van der Waals surface area contributed by atoms with Crippen LogP contribution in [0.3, 0.4) is 0 Å². The quantitative estimate of drug-likeness (QED) is 0.889. The Hall–Kier alpha value is -0.940. The molecule has 0 saturated heterocycles. The van der Waals surface area contributed by atoms with Crippen LogP contribution >= 0.6 is 15.9 Å². The maximum absolute atomic E-state index is 12.1. The Bertz CT molecular complexity index is 434. The van der Waals surface area contributed by atoms with E-state index in [4.69, 9.17) is 5.73 Å². The maximum atomic E-state index is 12.1. The maximum Gasteiger partial charge on any atom is 0.271 e. The number of nitrogens with two attached hydrogens (primary N) is 1. The number of aromatic nitrogens is 1. The molecular formula is C12H16BrN3O. The predicted octanol–water partition coefficient (Wildman–Crippen LogP) is 1.70. The first kappa shape index (κ1) is 12.5. The van der Waals surface area contributed by atoms with Gasteiger partial charge in [-0.15, -0.1) is 0 Å². The van der Waals surface area contributed by atoms with E-state index in [0.29, 0.717) is 22.6 Å². The van der Waals surface area contributed by atoms with E-state index in [-0.39, 0.29) is 11.4 Å². The van der Waals surface area contributed by atoms with Gasteiger partial charge in [-0.1, -0.05) is 0 Å². The van der Waals surface area contributed by atoms with E-state index in [1.807, 2.05) is 6.92 Å². The Morgan fingerprint density at radius 2 is 2.41 bits per heavy atom. The zero-order valence-electron chi connectivity index (χ0n) is 9.74. The van der Waals surface area contributed by atoms with Crippen molar-refractivity contribution in [3.63, 3.8) is 0 Å². The molecule has 1 aliphatic rings. The molecular weight excluding hydrogens is 282 g/mol. The highest BCUT2D eigenvalue weighted by molar-refractivity contribution is 9.10. The third kappa shape index (κ3) is 2.66. The average molecular weight is 298 g/mol. The second-order valence-electron chi connectivity index (χ2n) is 4.68. The average Bonchev–Trinajstić information content (AvgIpc) is 3.13. The van der Waals surface area contributed by atoms with Crippen molar-refractivity contribution in [3.8, 4) is 0 Å². The fourth-order valence-electron chi connectivity index (χ4n) is 1.91. The number of hydrogen-bond donors (Lipinski definition) is 2. The summed E-state index contributed by atoms with van der Waals surface area (Å²) in [5, 5.41) is 3.01. The van der Waals surface area contributed by atoms with Crippen LogP contribution in [0.1, 0.15) is 30.3 Å². The summed E-state index contributed by atoms with van der Waals surface area (Å²) in [6, 6.07) is 3.59. The molecule has 0 spiro atoms. The monoisotopic (exact) mass is 297 g/mol. The molecule has 3 N–H and O–H groups in total. The van der Waals surface area contributed by atoms with Crippen molar-refractivity contribution >= 4 is 21.8 Å². The summed E-state index contributed by atoms with van der Waals surface area (Å²) in [5.41, 5.74) is 5.86. The highest BCUT2D eigenvalue weighted by atomic mass is 79.9. The Morgan fingerprint density at radius 1 is 1.71 bits per heavy atom. The minimum absolute atomic E-state index is 0.169. The molecule has 1 aromatic rings. The number of pyridine rings is 1. The van der Waals surface area contributed by atoms with Crippen molar-refractivity contribution in [3.05, 3.63) is 28.5 Å². The normalized spacial score (nSPS) is 18.5. The van der Waals surface area contributed by atoms with E-state index in [1.54, 1.807) is 18.3 Å². The summed E-state index contributed by atoms with van der Waals surface area (Å²) in [7, 11) is 0. The van der Waals surface area contributed by atoms with Gasteiger partial charge in [0.15, 0.2) is 0 Å². The summed E-state index contributed by atoms with van der Waals surface area (Å²) < 4.78 is 0.702. The molecule has 1 saturated carbocycles. The van der Waals surface area contributed by atoms with Crippen LogP contribution in [0.5, 0.6) is 0 Å². The molecule has 0 aliphatic heterocycles. The lowest BCUT2D eigenvalue weighted by molar-refractivity contribution is 0.0892. The molecule has 2 rings (SSSR count). The first-order chi connectivity index (χ1) is 8.07. The highest BCUT2D eigenvalue weighted by Crippen LogP contribution is 2.39. The molecule has 1 aliphatic carbocycles. The molecule has 0 aromatic carbocycles. The van der Waals surface area contributed by atoms with Crippen LogP contribution in [0.25, 0.3) is 0 Å². The minimum Gasteiger partial charge on any atom is -0.344 e. The molecule has 1 aromatic heterocycles. The zero-order valence-corrected chi connectivity index (χ0v) is 11.3. The highest BCUT2D eigenvalue weighted by Gasteiger charge is 2.41. The van der Waals surface area contributed by atoms with Crippen LogP contribution in [0.2, 0.25) is 0 Å². The van der Waals surface area contributed by atoms with Crippen molar-refractivity contribution in [1.29, 1.82) is 0 Å². The molecule has 1 fully saturated rings. The smallest absolute Gasteiger partial charge is 0.271 e. The molecule has 0 radical (unpaired) electrons. The van der Waals surface area contributed by atoms with Gasteiger partial charge < -0.3 is 11.1 Å². The van der Waals surface area contributed by atoms with E-state index < -0.39 is 0 Å². The van der Waals surface area contributed by atoms with Gasteiger partial charge in [0.25, 0.3) is 5.91 Å². The first-order valence-electron chi connectivity index (χ1n) is 5.70. The number of nitrogens with zero attached hydrogens (tertiary/aromatic N) is 1. The van der Waals surface area contributed by atoms with Crippen molar-refractivity contribution in [2.45, 2.75) is 25.3 Å². The number of nitrogens with one attached hydrogen (secondary N) is 1. The van der Waals surface area contributed by atoms with E-state index >= 15 is 0 Å². The summed E-state index contributed by atoms with van der Waals surface area (Å²) in [4.78, 5) is 16.2. The van der Waals surface area contributed by atoms with Crippen LogP contribution in [-0.2, 0) is 0 Å².